The van der Waals surface area contributed by atoms with E-state index in [1.54, 1.807) is 24.3 Å². The minimum absolute atomic E-state index is 0.0832. The van der Waals surface area contributed by atoms with Crippen LogP contribution in [0, 0.1) is 11.8 Å². The number of phenols is 2. The van der Waals surface area contributed by atoms with Gasteiger partial charge in [0.15, 0.2) is 0 Å². The molecule has 0 fully saturated rings. The summed E-state index contributed by atoms with van der Waals surface area (Å²) < 4.78 is 0. The number of benzene rings is 2. The lowest BCUT2D eigenvalue weighted by Gasteiger charge is -2.37. The van der Waals surface area contributed by atoms with Crippen molar-refractivity contribution in [2.45, 2.75) is 71.6 Å². The van der Waals surface area contributed by atoms with Gasteiger partial charge in [0.05, 0.1) is 0 Å². The molecule has 0 spiro atoms. The topological polar surface area (TPSA) is 40.5 Å². The second kappa shape index (κ2) is 8.37. The maximum Gasteiger partial charge on any atom is 0.115 e. The Bertz CT molecular complexity index is 713. The predicted molar refractivity (Wildman–Crippen MR) is 114 cm³/mol. The largest absolute Gasteiger partial charge is 0.508 e. The molecule has 27 heavy (non-hydrogen) atoms. The zero-order valence-corrected chi connectivity index (χ0v) is 17.8. The fourth-order valence-electron chi connectivity index (χ4n) is 4.16. The Morgan fingerprint density at radius 3 is 1.63 bits per heavy atom. The van der Waals surface area contributed by atoms with E-state index in [-0.39, 0.29) is 10.8 Å². The van der Waals surface area contributed by atoms with Crippen LogP contribution in [0.4, 0.5) is 0 Å². The van der Waals surface area contributed by atoms with Gasteiger partial charge in [0.2, 0.25) is 0 Å². The van der Waals surface area contributed by atoms with Crippen LogP contribution in [0.2, 0.25) is 0 Å². The third kappa shape index (κ3) is 5.28. The number of hydrogen-bond acceptors (Lipinski definition) is 2. The fraction of sp³-hybridized carbons (Fsp3) is 0.520. The summed E-state index contributed by atoms with van der Waals surface area (Å²) in [5.74, 6) is 1.78. The molecular formula is C25H36O2. The van der Waals surface area contributed by atoms with E-state index in [1.165, 1.54) is 11.1 Å². The van der Waals surface area contributed by atoms with Gasteiger partial charge in [-0.25, -0.2) is 0 Å². The summed E-state index contributed by atoms with van der Waals surface area (Å²) in [6.07, 6.45) is 3.40. The van der Waals surface area contributed by atoms with Gasteiger partial charge in [-0.05, 0) is 77.3 Å². The summed E-state index contributed by atoms with van der Waals surface area (Å²) in [7, 11) is 0. The van der Waals surface area contributed by atoms with Crippen molar-refractivity contribution in [2.24, 2.45) is 11.8 Å². The first kappa shape index (κ1) is 21.3. The summed E-state index contributed by atoms with van der Waals surface area (Å²) in [4.78, 5) is 0. The van der Waals surface area contributed by atoms with Crippen molar-refractivity contribution in [1.29, 1.82) is 0 Å². The molecule has 0 aromatic heterocycles. The Hall–Kier alpha value is -1.96. The van der Waals surface area contributed by atoms with Crippen LogP contribution in [-0.2, 0) is 10.8 Å². The molecule has 0 aliphatic carbocycles. The molecule has 2 N–H and O–H groups in total. The molecule has 0 aliphatic rings. The Labute approximate surface area is 165 Å². The molecule has 2 heteroatoms. The van der Waals surface area contributed by atoms with Crippen LogP contribution in [0.5, 0.6) is 11.5 Å². The lowest BCUT2D eigenvalue weighted by Crippen LogP contribution is -2.30. The summed E-state index contributed by atoms with van der Waals surface area (Å²) in [6.45, 7) is 13.9. The van der Waals surface area contributed by atoms with Crippen LogP contribution in [0.15, 0.2) is 48.5 Å². The van der Waals surface area contributed by atoms with Crippen molar-refractivity contribution in [3.63, 3.8) is 0 Å². The van der Waals surface area contributed by atoms with Crippen LogP contribution in [0.25, 0.3) is 0 Å². The van der Waals surface area contributed by atoms with Crippen LogP contribution < -0.4 is 0 Å². The molecule has 2 rings (SSSR count). The highest BCUT2D eigenvalue weighted by molar-refractivity contribution is 5.32. The third-order valence-corrected chi connectivity index (χ3v) is 6.47. The first-order valence-electron chi connectivity index (χ1n) is 10.1. The third-order valence-electron chi connectivity index (χ3n) is 6.47. The van der Waals surface area contributed by atoms with E-state index in [2.05, 4.69) is 53.7 Å². The Morgan fingerprint density at radius 1 is 0.741 bits per heavy atom. The minimum Gasteiger partial charge on any atom is -0.508 e. The smallest absolute Gasteiger partial charge is 0.115 e. The molecule has 148 valence electrons. The first-order chi connectivity index (χ1) is 12.5. The van der Waals surface area contributed by atoms with Gasteiger partial charge in [-0.2, -0.15) is 0 Å². The molecule has 2 aromatic rings. The number of phenolic OH excluding ortho intramolecular Hbond substituents is 2. The SMILES string of the molecule is CC(CCC(C)(c1ccc(O)cc1)C(C)C)CC(C)(C)c1ccc(O)cc1. The van der Waals surface area contributed by atoms with Crippen molar-refractivity contribution >= 4 is 0 Å². The van der Waals surface area contributed by atoms with Crippen molar-refractivity contribution in [1.82, 2.24) is 0 Å². The van der Waals surface area contributed by atoms with E-state index in [9.17, 15) is 10.2 Å². The van der Waals surface area contributed by atoms with Crippen molar-refractivity contribution < 1.29 is 10.2 Å². The van der Waals surface area contributed by atoms with E-state index in [0.29, 0.717) is 23.3 Å². The van der Waals surface area contributed by atoms with E-state index in [4.69, 9.17) is 0 Å². The number of hydrogen-bond donors (Lipinski definition) is 2. The van der Waals surface area contributed by atoms with Gasteiger partial charge in [0.25, 0.3) is 0 Å². The standard InChI is InChI=1S/C25H36O2/c1-18(2)25(6,21-9-13-23(27)14-10-21)16-15-19(3)17-24(4,5)20-7-11-22(26)12-8-20/h7-14,18-19,26-27H,15-17H2,1-6H3. The van der Waals surface area contributed by atoms with Gasteiger partial charge < -0.3 is 10.2 Å². The average molecular weight is 369 g/mol. The maximum absolute atomic E-state index is 9.62. The normalized spacial score (nSPS) is 15.5. The zero-order valence-electron chi connectivity index (χ0n) is 17.8. The van der Waals surface area contributed by atoms with Crippen molar-refractivity contribution in [3.05, 3.63) is 59.7 Å². The molecule has 0 heterocycles. The Kier molecular flexibility index (Phi) is 6.62. The highest BCUT2D eigenvalue weighted by atomic mass is 16.3. The van der Waals surface area contributed by atoms with Gasteiger partial charge in [-0.1, -0.05) is 65.8 Å². The molecule has 2 unspecified atom stereocenters. The molecular weight excluding hydrogens is 332 g/mol. The first-order valence-corrected chi connectivity index (χ1v) is 10.1. The molecule has 0 amide bonds. The predicted octanol–water partition coefficient (Wildman–Crippen LogP) is 6.80. The van der Waals surface area contributed by atoms with Gasteiger partial charge >= 0.3 is 0 Å². The monoisotopic (exact) mass is 368 g/mol. The lowest BCUT2D eigenvalue weighted by atomic mass is 9.68. The lowest BCUT2D eigenvalue weighted by molar-refractivity contribution is 0.266. The molecule has 2 aromatic carbocycles. The van der Waals surface area contributed by atoms with Crippen LogP contribution in [0.3, 0.4) is 0 Å². The van der Waals surface area contributed by atoms with Gasteiger partial charge in [-0.3, -0.25) is 0 Å². The maximum atomic E-state index is 9.62. The molecule has 2 atom stereocenters. The summed E-state index contributed by atoms with van der Waals surface area (Å²) in [5, 5.41) is 19.2. The molecule has 0 aliphatic heterocycles. The van der Waals surface area contributed by atoms with Crippen molar-refractivity contribution in [2.75, 3.05) is 0 Å². The highest BCUT2D eigenvalue weighted by Crippen LogP contribution is 2.40. The van der Waals surface area contributed by atoms with Gasteiger partial charge in [0, 0.05) is 0 Å². The second-order valence-electron chi connectivity index (χ2n) is 9.40. The van der Waals surface area contributed by atoms with Crippen LogP contribution >= 0.6 is 0 Å². The van der Waals surface area contributed by atoms with E-state index in [1.807, 2.05) is 12.1 Å². The minimum atomic E-state index is 0.0832. The fourth-order valence-corrected chi connectivity index (χ4v) is 4.16. The van der Waals surface area contributed by atoms with E-state index < -0.39 is 0 Å². The summed E-state index contributed by atoms with van der Waals surface area (Å²) in [5.41, 5.74) is 2.77. The molecule has 0 saturated carbocycles. The quantitative estimate of drug-likeness (QED) is 0.538. The Balaban J connectivity index is 2.06. The number of rotatable bonds is 8. The van der Waals surface area contributed by atoms with Crippen LogP contribution in [-0.4, -0.2) is 10.2 Å². The van der Waals surface area contributed by atoms with E-state index in [0.717, 1.165) is 19.3 Å². The molecule has 0 radical (unpaired) electrons. The van der Waals surface area contributed by atoms with E-state index >= 15 is 0 Å². The Morgan fingerprint density at radius 2 is 1.19 bits per heavy atom. The highest BCUT2D eigenvalue weighted by Gasteiger charge is 2.31. The van der Waals surface area contributed by atoms with Gasteiger partial charge in [-0.15, -0.1) is 0 Å². The number of aromatic hydroxyl groups is 2. The van der Waals surface area contributed by atoms with Gasteiger partial charge in [0.1, 0.15) is 11.5 Å². The summed E-state index contributed by atoms with van der Waals surface area (Å²) >= 11 is 0. The zero-order chi connectivity index (χ0) is 20.2. The second-order valence-corrected chi connectivity index (χ2v) is 9.40. The van der Waals surface area contributed by atoms with Crippen molar-refractivity contribution in [3.8, 4) is 11.5 Å². The molecule has 0 bridgehead atoms. The molecule has 2 nitrogen and oxygen atoms in total. The van der Waals surface area contributed by atoms with Crippen LogP contribution in [0.1, 0.15) is 71.9 Å². The average Bonchev–Trinajstić information content (AvgIpc) is 2.60. The molecule has 0 saturated heterocycles. The summed E-state index contributed by atoms with van der Waals surface area (Å²) in [6, 6.07) is 15.4.